The van der Waals surface area contributed by atoms with Crippen molar-refractivity contribution < 1.29 is 14.3 Å². The number of amides is 2. The van der Waals surface area contributed by atoms with Crippen LogP contribution in [0.5, 0.6) is 5.75 Å². The number of ether oxygens (including phenoxy) is 1. The molecule has 1 aliphatic heterocycles. The predicted octanol–water partition coefficient (Wildman–Crippen LogP) is 3.47. The molecular formula is C16H12BrClN2O3. The van der Waals surface area contributed by atoms with Gasteiger partial charge in [0.2, 0.25) is 5.91 Å². The third-order valence-electron chi connectivity index (χ3n) is 3.32. The van der Waals surface area contributed by atoms with E-state index in [-0.39, 0.29) is 25.0 Å². The van der Waals surface area contributed by atoms with Crippen molar-refractivity contribution in [2.75, 3.05) is 23.4 Å². The first-order chi connectivity index (χ1) is 11.0. The third kappa shape index (κ3) is 3.48. The van der Waals surface area contributed by atoms with Crippen LogP contribution < -0.4 is 15.0 Å². The van der Waals surface area contributed by atoms with Crippen LogP contribution in [0.3, 0.4) is 0 Å². The van der Waals surface area contributed by atoms with Gasteiger partial charge in [0.25, 0.3) is 5.91 Å². The van der Waals surface area contributed by atoms with Gasteiger partial charge < -0.3 is 10.1 Å². The van der Waals surface area contributed by atoms with Crippen molar-refractivity contribution >= 4 is 50.7 Å². The highest BCUT2D eigenvalue weighted by Gasteiger charge is 2.26. The van der Waals surface area contributed by atoms with Gasteiger partial charge in [0.1, 0.15) is 12.3 Å². The van der Waals surface area contributed by atoms with Crippen LogP contribution in [0, 0.1) is 0 Å². The molecule has 23 heavy (non-hydrogen) atoms. The van der Waals surface area contributed by atoms with Gasteiger partial charge in [-0.15, -0.1) is 0 Å². The fourth-order valence-corrected chi connectivity index (χ4v) is 3.06. The zero-order chi connectivity index (χ0) is 16.4. The van der Waals surface area contributed by atoms with E-state index in [0.717, 1.165) is 0 Å². The molecule has 0 radical (unpaired) electrons. The third-order valence-corrected chi connectivity index (χ3v) is 4.17. The van der Waals surface area contributed by atoms with Crippen LogP contribution in [0.2, 0.25) is 5.02 Å². The number of carbonyl (C=O) groups is 2. The second kappa shape index (κ2) is 6.60. The lowest BCUT2D eigenvalue weighted by Crippen LogP contribution is -2.44. The molecule has 0 saturated carbocycles. The number of hydrogen-bond donors (Lipinski definition) is 1. The molecule has 5 nitrogen and oxygen atoms in total. The van der Waals surface area contributed by atoms with Gasteiger partial charge in [-0.25, -0.2) is 0 Å². The van der Waals surface area contributed by atoms with E-state index in [4.69, 9.17) is 16.3 Å². The van der Waals surface area contributed by atoms with Gasteiger partial charge in [0, 0.05) is 5.02 Å². The predicted molar refractivity (Wildman–Crippen MR) is 92.1 cm³/mol. The Morgan fingerprint density at radius 2 is 2.09 bits per heavy atom. The number of rotatable bonds is 3. The van der Waals surface area contributed by atoms with E-state index < -0.39 is 0 Å². The summed E-state index contributed by atoms with van der Waals surface area (Å²) in [5, 5.41) is 3.30. The number of nitrogens with one attached hydrogen (secondary N) is 1. The fraction of sp³-hybridized carbons (Fsp3) is 0.125. The number of carbonyl (C=O) groups excluding carboxylic acids is 2. The van der Waals surface area contributed by atoms with E-state index in [1.165, 1.54) is 4.90 Å². The summed E-state index contributed by atoms with van der Waals surface area (Å²) < 4.78 is 6.19. The molecule has 0 saturated heterocycles. The molecule has 1 N–H and O–H groups in total. The number of benzene rings is 2. The molecule has 2 aromatic rings. The summed E-state index contributed by atoms with van der Waals surface area (Å²) in [6.07, 6.45) is 0. The standard InChI is InChI=1S/C16H12BrClN2O3/c17-11-7-10(18)5-6-14(11)23-9-16(22)20-8-15(21)19-12-3-1-2-4-13(12)20/h1-7H,8-9H2,(H,19,21). The van der Waals surface area contributed by atoms with Crippen LogP contribution in [0.4, 0.5) is 11.4 Å². The Morgan fingerprint density at radius 3 is 2.87 bits per heavy atom. The van der Waals surface area contributed by atoms with Crippen molar-refractivity contribution in [3.8, 4) is 5.75 Å². The number of halogens is 2. The molecule has 1 heterocycles. The number of anilines is 2. The summed E-state index contributed by atoms with van der Waals surface area (Å²) in [6, 6.07) is 12.2. The first-order valence-electron chi connectivity index (χ1n) is 6.81. The largest absolute Gasteiger partial charge is 0.483 e. The van der Waals surface area contributed by atoms with E-state index in [1.54, 1.807) is 36.4 Å². The maximum Gasteiger partial charge on any atom is 0.265 e. The minimum Gasteiger partial charge on any atom is -0.483 e. The highest BCUT2D eigenvalue weighted by Crippen LogP contribution is 2.30. The minimum atomic E-state index is -0.297. The SMILES string of the molecule is O=C1CN(C(=O)COc2ccc(Cl)cc2Br)c2ccccc2N1. The van der Waals surface area contributed by atoms with Gasteiger partial charge in [-0.2, -0.15) is 0 Å². The molecule has 0 bridgehead atoms. The van der Waals surface area contributed by atoms with E-state index in [1.807, 2.05) is 6.07 Å². The smallest absolute Gasteiger partial charge is 0.265 e. The lowest BCUT2D eigenvalue weighted by Gasteiger charge is -2.29. The molecule has 0 spiro atoms. The highest BCUT2D eigenvalue weighted by molar-refractivity contribution is 9.10. The maximum absolute atomic E-state index is 12.4. The molecule has 0 unspecified atom stereocenters. The van der Waals surface area contributed by atoms with Crippen molar-refractivity contribution in [3.63, 3.8) is 0 Å². The van der Waals surface area contributed by atoms with Crippen molar-refractivity contribution in [1.82, 2.24) is 0 Å². The second-order valence-electron chi connectivity index (χ2n) is 4.91. The molecule has 3 rings (SSSR count). The quantitative estimate of drug-likeness (QED) is 0.866. The molecular weight excluding hydrogens is 384 g/mol. The van der Waals surface area contributed by atoms with E-state index in [0.29, 0.717) is 26.6 Å². The van der Waals surface area contributed by atoms with Crippen LogP contribution in [0.1, 0.15) is 0 Å². The molecule has 2 aromatic carbocycles. The lowest BCUT2D eigenvalue weighted by molar-refractivity contribution is -0.123. The first-order valence-corrected chi connectivity index (χ1v) is 7.99. The van der Waals surface area contributed by atoms with Gasteiger partial charge in [-0.05, 0) is 46.3 Å². The summed E-state index contributed by atoms with van der Waals surface area (Å²) in [7, 11) is 0. The number of nitrogens with zero attached hydrogens (tertiary/aromatic N) is 1. The zero-order valence-corrected chi connectivity index (χ0v) is 14.2. The van der Waals surface area contributed by atoms with Gasteiger partial charge in [0.15, 0.2) is 6.61 Å². The molecule has 2 amide bonds. The number of hydrogen-bond acceptors (Lipinski definition) is 3. The minimum absolute atomic E-state index is 0.0268. The normalized spacial score (nSPS) is 13.3. The summed E-state index contributed by atoms with van der Waals surface area (Å²) in [5.74, 6) is -0.0173. The van der Waals surface area contributed by atoms with Gasteiger partial charge in [-0.1, -0.05) is 23.7 Å². The summed E-state index contributed by atoms with van der Waals surface area (Å²) >= 11 is 9.20. The van der Waals surface area contributed by atoms with Crippen molar-refractivity contribution in [2.24, 2.45) is 0 Å². The van der Waals surface area contributed by atoms with E-state index >= 15 is 0 Å². The molecule has 7 heteroatoms. The Bertz CT molecular complexity index is 782. The summed E-state index contributed by atoms with van der Waals surface area (Å²) in [5.41, 5.74) is 1.28. The average molecular weight is 396 g/mol. The maximum atomic E-state index is 12.4. The van der Waals surface area contributed by atoms with Gasteiger partial charge in [0.05, 0.1) is 15.8 Å². The fourth-order valence-electron chi connectivity index (χ4n) is 2.27. The first kappa shape index (κ1) is 15.8. The van der Waals surface area contributed by atoms with Crippen LogP contribution >= 0.6 is 27.5 Å². The Balaban J connectivity index is 1.75. The van der Waals surface area contributed by atoms with Gasteiger partial charge in [-0.3, -0.25) is 14.5 Å². The number of para-hydroxylation sites is 2. The van der Waals surface area contributed by atoms with Crippen LogP contribution in [-0.2, 0) is 9.59 Å². The molecule has 1 aliphatic rings. The van der Waals surface area contributed by atoms with Crippen molar-refractivity contribution in [2.45, 2.75) is 0 Å². The van der Waals surface area contributed by atoms with Crippen LogP contribution in [0.25, 0.3) is 0 Å². The monoisotopic (exact) mass is 394 g/mol. The Morgan fingerprint density at radius 1 is 1.30 bits per heavy atom. The second-order valence-corrected chi connectivity index (χ2v) is 6.20. The Labute approximate surface area is 146 Å². The van der Waals surface area contributed by atoms with Crippen molar-refractivity contribution in [1.29, 1.82) is 0 Å². The highest BCUT2D eigenvalue weighted by atomic mass is 79.9. The lowest BCUT2D eigenvalue weighted by atomic mass is 10.2. The topological polar surface area (TPSA) is 58.6 Å². The zero-order valence-electron chi connectivity index (χ0n) is 11.9. The molecule has 0 aromatic heterocycles. The van der Waals surface area contributed by atoms with E-state index in [9.17, 15) is 9.59 Å². The van der Waals surface area contributed by atoms with E-state index in [2.05, 4.69) is 21.2 Å². The molecule has 0 atom stereocenters. The number of fused-ring (bicyclic) bond motifs is 1. The summed E-state index contributed by atoms with van der Waals surface area (Å²) in [6.45, 7) is -0.206. The molecule has 0 aliphatic carbocycles. The molecule has 0 fully saturated rings. The summed E-state index contributed by atoms with van der Waals surface area (Å²) in [4.78, 5) is 25.6. The Kier molecular flexibility index (Phi) is 4.54. The van der Waals surface area contributed by atoms with Crippen LogP contribution in [0.15, 0.2) is 46.9 Å². The Hall–Kier alpha value is -2.05. The average Bonchev–Trinajstić information content (AvgIpc) is 2.53. The van der Waals surface area contributed by atoms with Crippen molar-refractivity contribution in [3.05, 3.63) is 52.0 Å². The van der Waals surface area contributed by atoms with Gasteiger partial charge >= 0.3 is 0 Å². The molecule has 118 valence electrons. The van der Waals surface area contributed by atoms with Crippen LogP contribution in [-0.4, -0.2) is 25.0 Å².